The number of sulfonamides is 1. The van der Waals surface area contributed by atoms with Crippen molar-refractivity contribution >= 4 is 32.2 Å². The zero-order valence-electron chi connectivity index (χ0n) is 11.7. The van der Waals surface area contributed by atoms with Gasteiger partial charge in [0.05, 0.1) is 11.1 Å². The molecule has 6 heteroatoms. The van der Waals surface area contributed by atoms with Crippen molar-refractivity contribution in [3.8, 4) is 0 Å². The van der Waals surface area contributed by atoms with E-state index in [2.05, 4.69) is 25.9 Å². The predicted molar refractivity (Wildman–Crippen MR) is 88.0 cm³/mol. The zero-order valence-corrected chi connectivity index (χ0v) is 14.1. The molecule has 0 aliphatic heterocycles. The molecule has 21 heavy (non-hydrogen) atoms. The fourth-order valence-corrected chi connectivity index (χ4v) is 3.34. The van der Waals surface area contributed by atoms with Crippen molar-refractivity contribution < 1.29 is 8.42 Å². The van der Waals surface area contributed by atoms with E-state index >= 15 is 0 Å². The van der Waals surface area contributed by atoms with Crippen LogP contribution in [0.4, 0.5) is 0 Å². The van der Waals surface area contributed by atoms with Crippen molar-refractivity contribution in [1.29, 1.82) is 0 Å². The van der Waals surface area contributed by atoms with Gasteiger partial charge in [-0.3, -0.25) is 0 Å². The Morgan fingerprint density at radius 2 is 1.90 bits per heavy atom. The first kappa shape index (κ1) is 15.7. The maximum Gasteiger partial charge on any atom is 0.276 e. The summed E-state index contributed by atoms with van der Waals surface area (Å²) in [4.78, 5) is 2.48. The molecule has 0 unspecified atom stereocenters. The minimum Gasteiger partial charge on any atom is -0.200 e. The van der Waals surface area contributed by atoms with E-state index in [1.165, 1.54) is 6.21 Å². The van der Waals surface area contributed by atoms with Gasteiger partial charge in [-0.1, -0.05) is 40.2 Å². The molecule has 2 aromatic rings. The minimum absolute atomic E-state index is 0.244. The lowest BCUT2D eigenvalue weighted by Crippen LogP contribution is -2.19. The van der Waals surface area contributed by atoms with Gasteiger partial charge in [-0.15, -0.1) is 0 Å². The van der Waals surface area contributed by atoms with Crippen LogP contribution in [0.2, 0.25) is 0 Å². The quantitative estimate of drug-likeness (QED) is 0.665. The summed E-state index contributed by atoms with van der Waals surface area (Å²) in [6.45, 7) is 3.61. The molecule has 2 rings (SSSR count). The molecule has 0 aliphatic rings. The minimum atomic E-state index is -3.65. The van der Waals surface area contributed by atoms with E-state index in [1.807, 2.05) is 37.3 Å². The summed E-state index contributed by atoms with van der Waals surface area (Å²) in [5, 5.41) is 3.82. The van der Waals surface area contributed by atoms with Crippen LogP contribution in [-0.4, -0.2) is 14.6 Å². The SMILES string of the molecule is Cc1ccc(C)c(S(=O)(=O)N/N=C/c2cccc(Br)c2)c1. The largest absolute Gasteiger partial charge is 0.276 e. The van der Waals surface area contributed by atoms with E-state index in [0.29, 0.717) is 5.56 Å². The fourth-order valence-electron chi connectivity index (χ4n) is 1.80. The Morgan fingerprint density at radius 3 is 2.62 bits per heavy atom. The molecule has 0 fully saturated rings. The second-order valence-corrected chi connectivity index (χ2v) is 7.22. The third kappa shape index (κ3) is 4.15. The smallest absolute Gasteiger partial charge is 0.200 e. The number of nitrogens with one attached hydrogen (secondary N) is 1. The predicted octanol–water partition coefficient (Wildman–Crippen LogP) is 3.38. The summed E-state index contributed by atoms with van der Waals surface area (Å²) in [5.74, 6) is 0. The van der Waals surface area contributed by atoms with E-state index in [1.54, 1.807) is 19.1 Å². The maximum atomic E-state index is 12.2. The van der Waals surface area contributed by atoms with Gasteiger partial charge in [-0.05, 0) is 48.7 Å². The monoisotopic (exact) mass is 366 g/mol. The van der Waals surface area contributed by atoms with Crippen LogP contribution < -0.4 is 4.83 Å². The van der Waals surface area contributed by atoms with E-state index in [0.717, 1.165) is 15.6 Å². The number of nitrogens with zero attached hydrogens (tertiary/aromatic N) is 1. The average Bonchev–Trinajstić information content (AvgIpc) is 2.41. The number of hydrazone groups is 1. The number of aryl methyl sites for hydroxylation is 2. The van der Waals surface area contributed by atoms with Crippen LogP contribution in [-0.2, 0) is 10.0 Å². The molecule has 0 spiro atoms. The number of hydrogen-bond acceptors (Lipinski definition) is 3. The summed E-state index contributed by atoms with van der Waals surface area (Å²) in [7, 11) is -3.65. The van der Waals surface area contributed by atoms with Crippen LogP contribution in [0.1, 0.15) is 16.7 Å². The Bertz CT molecular complexity index is 786. The highest BCUT2D eigenvalue weighted by molar-refractivity contribution is 9.10. The molecule has 0 heterocycles. The Hall–Kier alpha value is -1.66. The standard InChI is InChI=1S/C15H15BrN2O2S/c1-11-6-7-12(2)15(8-11)21(19,20)18-17-10-13-4-3-5-14(16)9-13/h3-10,18H,1-2H3/b17-10+. The Balaban J connectivity index is 2.20. The molecule has 0 aliphatic carbocycles. The van der Waals surface area contributed by atoms with Gasteiger partial charge in [0, 0.05) is 4.47 Å². The summed E-state index contributed by atoms with van der Waals surface area (Å²) >= 11 is 3.35. The van der Waals surface area contributed by atoms with Crippen molar-refractivity contribution in [2.24, 2.45) is 5.10 Å². The molecule has 0 saturated heterocycles. The first-order chi connectivity index (χ1) is 9.88. The number of halogens is 1. The van der Waals surface area contributed by atoms with E-state index in [4.69, 9.17) is 0 Å². The third-order valence-corrected chi connectivity index (χ3v) is 4.73. The topological polar surface area (TPSA) is 58.5 Å². The van der Waals surface area contributed by atoms with Crippen LogP contribution in [0.15, 0.2) is 56.9 Å². The molecular weight excluding hydrogens is 352 g/mol. The molecule has 1 N–H and O–H groups in total. The molecule has 2 aromatic carbocycles. The van der Waals surface area contributed by atoms with Crippen LogP contribution in [0, 0.1) is 13.8 Å². The number of rotatable bonds is 4. The second kappa shape index (κ2) is 6.41. The fraction of sp³-hybridized carbons (Fsp3) is 0.133. The van der Waals surface area contributed by atoms with Crippen LogP contribution in [0.5, 0.6) is 0 Å². The molecule has 4 nitrogen and oxygen atoms in total. The third-order valence-electron chi connectivity index (χ3n) is 2.87. The number of benzene rings is 2. The van der Waals surface area contributed by atoms with Gasteiger partial charge < -0.3 is 0 Å². The maximum absolute atomic E-state index is 12.2. The molecule has 0 amide bonds. The summed E-state index contributed by atoms with van der Waals surface area (Å²) < 4.78 is 25.4. The van der Waals surface area contributed by atoms with E-state index < -0.39 is 10.0 Å². The zero-order chi connectivity index (χ0) is 15.5. The van der Waals surface area contributed by atoms with Crippen LogP contribution in [0.3, 0.4) is 0 Å². The van der Waals surface area contributed by atoms with Crippen molar-refractivity contribution in [2.45, 2.75) is 18.7 Å². The molecule has 0 aromatic heterocycles. The van der Waals surface area contributed by atoms with E-state index in [9.17, 15) is 8.42 Å². The van der Waals surface area contributed by atoms with Gasteiger partial charge in [0.15, 0.2) is 0 Å². The van der Waals surface area contributed by atoms with Gasteiger partial charge in [0.25, 0.3) is 10.0 Å². The molecule has 0 radical (unpaired) electrons. The molecule has 110 valence electrons. The summed E-state index contributed by atoms with van der Waals surface area (Å²) in [6, 6.07) is 12.7. The highest BCUT2D eigenvalue weighted by atomic mass is 79.9. The second-order valence-electron chi connectivity index (χ2n) is 4.68. The first-order valence-electron chi connectivity index (χ1n) is 6.26. The Kier molecular flexibility index (Phi) is 4.80. The Morgan fingerprint density at radius 1 is 1.14 bits per heavy atom. The lowest BCUT2D eigenvalue weighted by atomic mass is 10.2. The van der Waals surface area contributed by atoms with Gasteiger partial charge in [0.1, 0.15) is 0 Å². The summed E-state index contributed by atoms with van der Waals surface area (Å²) in [5.41, 5.74) is 2.37. The first-order valence-corrected chi connectivity index (χ1v) is 8.54. The van der Waals surface area contributed by atoms with Gasteiger partial charge in [-0.2, -0.15) is 13.5 Å². The van der Waals surface area contributed by atoms with Crippen LogP contribution >= 0.6 is 15.9 Å². The summed E-state index contributed by atoms with van der Waals surface area (Å²) in [6.07, 6.45) is 1.47. The molecular formula is C15H15BrN2O2S. The average molecular weight is 367 g/mol. The van der Waals surface area contributed by atoms with Crippen molar-refractivity contribution in [2.75, 3.05) is 0 Å². The van der Waals surface area contributed by atoms with Crippen molar-refractivity contribution in [3.63, 3.8) is 0 Å². The van der Waals surface area contributed by atoms with Crippen molar-refractivity contribution in [3.05, 3.63) is 63.6 Å². The van der Waals surface area contributed by atoms with Gasteiger partial charge >= 0.3 is 0 Å². The van der Waals surface area contributed by atoms with Gasteiger partial charge in [-0.25, -0.2) is 4.83 Å². The van der Waals surface area contributed by atoms with E-state index in [-0.39, 0.29) is 4.90 Å². The lowest BCUT2D eigenvalue weighted by Gasteiger charge is -2.07. The normalized spacial score (nSPS) is 11.8. The molecule has 0 saturated carbocycles. The highest BCUT2D eigenvalue weighted by Crippen LogP contribution is 2.16. The Labute approximate surface area is 133 Å². The highest BCUT2D eigenvalue weighted by Gasteiger charge is 2.15. The lowest BCUT2D eigenvalue weighted by molar-refractivity contribution is 0.584. The number of hydrogen-bond donors (Lipinski definition) is 1. The molecule has 0 bridgehead atoms. The molecule has 0 atom stereocenters. The van der Waals surface area contributed by atoms with Crippen LogP contribution in [0.25, 0.3) is 0 Å². The van der Waals surface area contributed by atoms with Crippen molar-refractivity contribution in [1.82, 2.24) is 4.83 Å². The van der Waals surface area contributed by atoms with Gasteiger partial charge in [0.2, 0.25) is 0 Å².